The minimum atomic E-state index is 0.274. The first-order valence-corrected chi connectivity index (χ1v) is 4.92. The van der Waals surface area contributed by atoms with Gasteiger partial charge in [-0.2, -0.15) is 0 Å². The summed E-state index contributed by atoms with van der Waals surface area (Å²) in [5.74, 6) is 0. The fourth-order valence-corrected chi connectivity index (χ4v) is 1.94. The summed E-state index contributed by atoms with van der Waals surface area (Å²) >= 11 is 0. The molecular weight excluding hydrogens is 160 g/mol. The summed E-state index contributed by atoms with van der Waals surface area (Å²) in [5.41, 5.74) is 7.36. The van der Waals surface area contributed by atoms with E-state index in [1.54, 1.807) is 0 Å². The summed E-state index contributed by atoms with van der Waals surface area (Å²) in [6.45, 7) is 1.09. The Bertz CT molecular complexity index is 258. The molecule has 0 saturated carbocycles. The molecule has 13 heavy (non-hydrogen) atoms. The van der Waals surface area contributed by atoms with Crippen molar-refractivity contribution in [3.8, 4) is 0 Å². The molecule has 1 saturated heterocycles. The third kappa shape index (κ3) is 1.90. The van der Waals surface area contributed by atoms with Crippen molar-refractivity contribution in [3.63, 3.8) is 0 Å². The molecule has 0 aliphatic carbocycles. The van der Waals surface area contributed by atoms with Gasteiger partial charge in [0.2, 0.25) is 0 Å². The summed E-state index contributed by atoms with van der Waals surface area (Å²) < 4.78 is 0. The monoisotopic (exact) mass is 176 g/mol. The number of benzene rings is 1. The molecule has 1 aliphatic rings. The van der Waals surface area contributed by atoms with Crippen LogP contribution < -0.4 is 11.1 Å². The minimum absolute atomic E-state index is 0.274. The second-order valence-corrected chi connectivity index (χ2v) is 3.65. The largest absolute Gasteiger partial charge is 0.326 e. The number of piperidine rings is 1. The van der Waals surface area contributed by atoms with Gasteiger partial charge in [-0.1, -0.05) is 30.3 Å². The van der Waals surface area contributed by atoms with Crippen LogP contribution in [0, 0.1) is 0 Å². The highest BCUT2D eigenvalue weighted by atomic mass is 15.0. The Morgan fingerprint density at radius 1 is 1.23 bits per heavy atom. The Morgan fingerprint density at radius 2 is 2.00 bits per heavy atom. The lowest BCUT2D eigenvalue weighted by molar-refractivity contribution is 0.358. The molecule has 1 heterocycles. The van der Waals surface area contributed by atoms with Gasteiger partial charge >= 0.3 is 0 Å². The lowest BCUT2D eigenvalue weighted by Crippen LogP contribution is -2.42. The zero-order chi connectivity index (χ0) is 9.10. The fraction of sp³-hybridized carbons (Fsp3) is 0.455. The smallest absolute Gasteiger partial charge is 0.0473 e. The molecular formula is C11H16N2. The van der Waals surface area contributed by atoms with Gasteiger partial charge in [0.25, 0.3) is 0 Å². The average molecular weight is 176 g/mol. The second kappa shape index (κ2) is 3.90. The zero-order valence-corrected chi connectivity index (χ0v) is 7.74. The average Bonchev–Trinajstić information content (AvgIpc) is 2.20. The molecule has 70 valence electrons. The van der Waals surface area contributed by atoms with E-state index in [9.17, 15) is 0 Å². The number of rotatable bonds is 1. The van der Waals surface area contributed by atoms with Crippen LogP contribution in [0.2, 0.25) is 0 Å². The molecule has 1 aromatic rings. The predicted molar refractivity (Wildman–Crippen MR) is 54.4 cm³/mol. The van der Waals surface area contributed by atoms with Gasteiger partial charge in [0.1, 0.15) is 0 Å². The Balaban J connectivity index is 2.15. The molecule has 0 spiro atoms. The molecule has 2 heteroatoms. The van der Waals surface area contributed by atoms with Crippen molar-refractivity contribution in [3.05, 3.63) is 35.9 Å². The third-order valence-electron chi connectivity index (χ3n) is 2.67. The van der Waals surface area contributed by atoms with Crippen LogP contribution in [-0.2, 0) is 0 Å². The van der Waals surface area contributed by atoms with Gasteiger partial charge in [-0.15, -0.1) is 0 Å². The van der Waals surface area contributed by atoms with E-state index in [0.29, 0.717) is 6.04 Å². The molecule has 0 amide bonds. The fourth-order valence-electron chi connectivity index (χ4n) is 1.94. The highest BCUT2D eigenvalue weighted by Gasteiger charge is 2.21. The van der Waals surface area contributed by atoms with Crippen molar-refractivity contribution in [1.29, 1.82) is 0 Å². The first-order chi connectivity index (χ1) is 6.38. The molecule has 2 nitrogen and oxygen atoms in total. The zero-order valence-electron chi connectivity index (χ0n) is 7.74. The van der Waals surface area contributed by atoms with E-state index in [4.69, 9.17) is 5.73 Å². The lowest BCUT2D eigenvalue weighted by Gasteiger charge is -2.30. The summed E-state index contributed by atoms with van der Waals surface area (Å²) in [5, 5.41) is 3.46. The van der Waals surface area contributed by atoms with Crippen molar-refractivity contribution < 1.29 is 0 Å². The standard InChI is InChI=1S/C11H16N2/c12-10-7-4-8-13-11(10)9-5-2-1-3-6-9/h1-3,5-6,10-11,13H,4,7-8,12H2/t10?,11-/m1/s1. The maximum Gasteiger partial charge on any atom is 0.0473 e. The molecule has 0 bridgehead atoms. The maximum absolute atomic E-state index is 6.05. The van der Waals surface area contributed by atoms with Crippen LogP contribution >= 0.6 is 0 Å². The topological polar surface area (TPSA) is 38.0 Å². The molecule has 1 fully saturated rings. The van der Waals surface area contributed by atoms with Crippen LogP contribution in [0.25, 0.3) is 0 Å². The maximum atomic E-state index is 6.05. The highest BCUT2D eigenvalue weighted by molar-refractivity contribution is 5.21. The minimum Gasteiger partial charge on any atom is -0.326 e. The van der Waals surface area contributed by atoms with Crippen LogP contribution in [0.5, 0.6) is 0 Å². The highest BCUT2D eigenvalue weighted by Crippen LogP contribution is 2.21. The Kier molecular flexibility index (Phi) is 2.62. The van der Waals surface area contributed by atoms with Crippen LogP contribution in [0.4, 0.5) is 0 Å². The predicted octanol–water partition coefficient (Wildman–Crippen LogP) is 1.44. The number of nitrogens with one attached hydrogen (secondary N) is 1. The van der Waals surface area contributed by atoms with Crippen molar-refractivity contribution in [1.82, 2.24) is 5.32 Å². The second-order valence-electron chi connectivity index (χ2n) is 3.65. The van der Waals surface area contributed by atoms with Gasteiger partial charge < -0.3 is 11.1 Å². The van der Waals surface area contributed by atoms with Gasteiger partial charge in [-0.3, -0.25) is 0 Å². The van der Waals surface area contributed by atoms with Gasteiger partial charge in [0.05, 0.1) is 0 Å². The Hall–Kier alpha value is -0.860. The van der Waals surface area contributed by atoms with Crippen LogP contribution in [0.15, 0.2) is 30.3 Å². The van der Waals surface area contributed by atoms with Gasteiger partial charge in [0.15, 0.2) is 0 Å². The van der Waals surface area contributed by atoms with Crippen LogP contribution in [0.1, 0.15) is 24.4 Å². The normalized spacial score (nSPS) is 28.7. The number of nitrogens with two attached hydrogens (primary N) is 1. The van der Waals surface area contributed by atoms with E-state index in [0.717, 1.165) is 13.0 Å². The summed E-state index contributed by atoms with van der Waals surface area (Å²) in [6, 6.07) is 11.1. The molecule has 0 aromatic heterocycles. The molecule has 1 aliphatic heterocycles. The van der Waals surface area contributed by atoms with Crippen molar-refractivity contribution >= 4 is 0 Å². The lowest BCUT2D eigenvalue weighted by atomic mass is 9.93. The third-order valence-corrected chi connectivity index (χ3v) is 2.67. The SMILES string of the molecule is NC1CCCN[C@@H]1c1ccccc1. The van der Waals surface area contributed by atoms with E-state index in [-0.39, 0.29) is 6.04 Å². The van der Waals surface area contributed by atoms with Crippen LogP contribution in [0.3, 0.4) is 0 Å². The van der Waals surface area contributed by atoms with E-state index < -0.39 is 0 Å². The van der Waals surface area contributed by atoms with Crippen molar-refractivity contribution in [2.24, 2.45) is 5.73 Å². The van der Waals surface area contributed by atoms with E-state index in [2.05, 4.69) is 29.6 Å². The molecule has 2 atom stereocenters. The molecule has 1 unspecified atom stereocenters. The number of hydrogen-bond acceptors (Lipinski definition) is 2. The summed E-state index contributed by atoms with van der Waals surface area (Å²) in [7, 11) is 0. The number of hydrogen-bond donors (Lipinski definition) is 2. The van der Waals surface area contributed by atoms with E-state index >= 15 is 0 Å². The molecule has 2 rings (SSSR count). The Labute approximate surface area is 79.1 Å². The Morgan fingerprint density at radius 3 is 2.69 bits per heavy atom. The van der Waals surface area contributed by atoms with E-state index in [1.165, 1.54) is 12.0 Å². The van der Waals surface area contributed by atoms with Crippen molar-refractivity contribution in [2.75, 3.05) is 6.54 Å². The van der Waals surface area contributed by atoms with Crippen molar-refractivity contribution in [2.45, 2.75) is 24.9 Å². The van der Waals surface area contributed by atoms with Gasteiger partial charge in [-0.05, 0) is 24.9 Å². The van der Waals surface area contributed by atoms with Gasteiger partial charge in [-0.25, -0.2) is 0 Å². The molecule has 0 radical (unpaired) electrons. The molecule has 3 N–H and O–H groups in total. The first-order valence-electron chi connectivity index (χ1n) is 4.92. The quantitative estimate of drug-likeness (QED) is 0.679. The first kappa shape index (κ1) is 8.73. The summed E-state index contributed by atoms with van der Waals surface area (Å²) in [4.78, 5) is 0. The summed E-state index contributed by atoms with van der Waals surface area (Å²) in [6.07, 6.45) is 2.33. The van der Waals surface area contributed by atoms with Gasteiger partial charge in [0, 0.05) is 12.1 Å². The van der Waals surface area contributed by atoms with E-state index in [1.807, 2.05) is 6.07 Å². The van der Waals surface area contributed by atoms with Crippen LogP contribution in [-0.4, -0.2) is 12.6 Å². The molecule has 1 aromatic carbocycles.